The molecule has 2 rings (SSSR count). The number of ether oxygens (including phenoxy) is 2. The molecule has 0 saturated carbocycles. The molecular formula is C9H7FO3. The van der Waals surface area contributed by atoms with E-state index in [-0.39, 0.29) is 24.1 Å². The summed E-state index contributed by atoms with van der Waals surface area (Å²) in [5, 5.41) is 0. The SMILES string of the molecule is CC(=O)c1ccc(F)c2c1OCO2. The Morgan fingerprint density at radius 1 is 1.38 bits per heavy atom. The summed E-state index contributed by atoms with van der Waals surface area (Å²) in [5.41, 5.74) is 0.355. The fourth-order valence-corrected chi connectivity index (χ4v) is 1.24. The van der Waals surface area contributed by atoms with Crippen molar-refractivity contribution in [3.05, 3.63) is 23.5 Å². The Balaban J connectivity index is 2.62. The van der Waals surface area contributed by atoms with Crippen molar-refractivity contribution < 1.29 is 18.7 Å². The number of Topliss-reactive ketones (excluding diaryl/α,β-unsaturated/α-hetero) is 1. The summed E-state index contributed by atoms with van der Waals surface area (Å²) in [6, 6.07) is 2.59. The molecule has 1 aromatic rings. The van der Waals surface area contributed by atoms with Crippen molar-refractivity contribution in [3.63, 3.8) is 0 Å². The first-order chi connectivity index (χ1) is 6.20. The average Bonchev–Trinajstić information content (AvgIpc) is 2.53. The minimum Gasteiger partial charge on any atom is -0.453 e. The molecule has 13 heavy (non-hydrogen) atoms. The highest BCUT2D eigenvalue weighted by molar-refractivity contribution is 5.97. The van der Waals surface area contributed by atoms with Crippen molar-refractivity contribution in [2.75, 3.05) is 6.79 Å². The van der Waals surface area contributed by atoms with Gasteiger partial charge in [-0.2, -0.15) is 0 Å². The fraction of sp³-hybridized carbons (Fsp3) is 0.222. The van der Waals surface area contributed by atoms with E-state index in [0.717, 1.165) is 0 Å². The molecule has 3 nitrogen and oxygen atoms in total. The molecule has 0 fully saturated rings. The molecule has 0 spiro atoms. The number of halogens is 1. The lowest BCUT2D eigenvalue weighted by atomic mass is 10.1. The van der Waals surface area contributed by atoms with Crippen LogP contribution in [-0.2, 0) is 0 Å². The summed E-state index contributed by atoms with van der Waals surface area (Å²) in [5.74, 6) is -0.417. The first-order valence-electron chi connectivity index (χ1n) is 3.79. The summed E-state index contributed by atoms with van der Waals surface area (Å²) in [6.07, 6.45) is 0. The molecule has 1 aromatic carbocycles. The molecule has 1 aliphatic rings. The highest BCUT2D eigenvalue weighted by Gasteiger charge is 2.23. The molecule has 1 heterocycles. The highest BCUT2D eigenvalue weighted by Crippen LogP contribution is 2.37. The Hall–Kier alpha value is -1.58. The number of rotatable bonds is 1. The molecule has 0 N–H and O–H groups in total. The van der Waals surface area contributed by atoms with E-state index in [0.29, 0.717) is 5.56 Å². The molecule has 68 valence electrons. The number of fused-ring (bicyclic) bond motifs is 1. The molecule has 1 aliphatic heterocycles. The molecular weight excluding hydrogens is 175 g/mol. The third kappa shape index (κ3) is 1.14. The van der Waals surface area contributed by atoms with Gasteiger partial charge in [0.2, 0.25) is 12.5 Å². The van der Waals surface area contributed by atoms with E-state index in [2.05, 4.69) is 0 Å². The number of carbonyl (C=O) groups excluding carboxylic acids is 1. The van der Waals surface area contributed by atoms with Gasteiger partial charge < -0.3 is 9.47 Å². The van der Waals surface area contributed by atoms with E-state index in [4.69, 9.17) is 9.47 Å². The summed E-state index contributed by atoms with van der Waals surface area (Å²) < 4.78 is 22.9. The van der Waals surface area contributed by atoms with Crippen molar-refractivity contribution in [2.24, 2.45) is 0 Å². The zero-order valence-electron chi connectivity index (χ0n) is 6.96. The number of benzene rings is 1. The predicted octanol–water partition coefficient (Wildman–Crippen LogP) is 1.76. The second kappa shape index (κ2) is 2.73. The van der Waals surface area contributed by atoms with Crippen LogP contribution in [0.25, 0.3) is 0 Å². The Morgan fingerprint density at radius 2 is 2.08 bits per heavy atom. The molecule has 0 radical (unpaired) electrons. The van der Waals surface area contributed by atoms with Gasteiger partial charge in [-0.1, -0.05) is 0 Å². The third-order valence-electron chi connectivity index (χ3n) is 1.85. The second-order valence-corrected chi connectivity index (χ2v) is 2.72. The molecule has 0 unspecified atom stereocenters. The fourth-order valence-electron chi connectivity index (χ4n) is 1.24. The maximum atomic E-state index is 13.0. The van der Waals surface area contributed by atoms with Crippen LogP contribution < -0.4 is 9.47 Å². The van der Waals surface area contributed by atoms with Gasteiger partial charge in [-0.3, -0.25) is 4.79 Å². The lowest BCUT2D eigenvalue weighted by Crippen LogP contribution is -1.96. The standard InChI is InChI=1S/C9H7FO3/c1-5(11)6-2-3-7(10)9-8(6)12-4-13-9/h2-3H,4H2,1H3. The highest BCUT2D eigenvalue weighted by atomic mass is 19.1. The van der Waals surface area contributed by atoms with Gasteiger partial charge in [-0.25, -0.2) is 4.39 Å². The van der Waals surface area contributed by atoms with Gasteiger partial charge in [0.25, 0.3) is 0 Å². The smallest absolute Gasteiger partial charge is 0.231 e. The van der Waals surface area contributed by atoms with Gasteiger partial charge in [0, 0.05) is 0 Å². The summed E-state index contributed by atoms with van der Waals surface area (Å²) in [6.45, 7) is 1.37. The minimum absolute atomic E-state index is 0.0312. The number of hydrogen-bond donors (Lipinski definition) is 0. The number of carbonyl (C=O) groups is 1. The predicted molar refractivity (Wildman–Crippen MR) is 42.5 cm³/mol. The lowest BCUT2D eigenvalue weighted by Gasteiger charge is -2.01. The van der Waals surface area contributed by atoms with E-state index in [1.54, 1.807) is 0 Å². The summed E-state index contributed by atoms with van der Waals surface area (Å²) >= 11 is 0. The monoisotopic (exact) mass is 182 g/mol. The van der Waals surface area contributed by atoms with Crippen LogP contribution in [-0.4, -0.2) is 12.6 Å². The normalized spacial score (nSPS) is 13.1. The third-order valence-corrected chi connectivity index (χ3v) is 1.85. The largest absolute Gasteiger partial charge is 0.453 e. The van der Waals surface area contributed by atoms with E-state index in [1.807, 2.05) is 0 Å². The van der Waals surface area contributed by atoms with Gasteiger partial charge in [0.15, 0.2) is 17.3 Å². The van der Waals surface area contributed by atoms with Gasteiger partial charge in [0.1, 0.15) is 0 Å². The van der Waals surface area contributed by atoms with E-state index in [9.17, 15) is 9.18 Å². The van der Waals surface area contributed by atoms with E-state index >= 15 is 0 Å². The van der Waals surface area contributed by atoms with Crippen LogP contribution in [0.2, 0.25) is 0 Å². The first kappa shape index (κ1) is 8.04. The second-order valence-electron chi connectivity index (χ2n) is 2.72. The van der Waals surface area contributed by atoms with Gasteiger partial charge >= 0.3 is 0 Å². The van der Waals surface area contributed by atoms with Crippen molar-refractivity contribution in [3.8, 4) is 11.5 Å². The molecule has 0 aliphatic carbocycles. The minimum atomic E-state index is -0.502. The van der Waals surface area contributed by atoms with Crippen LogP contribution >= 0.6 is 0 Å². The number of ketones is 1. The Bertz CT molecular complexity index is 373. The molecule has 0 atom stereocenters. The molecule has 0 aromatic heterocycles. The van der Waals surface area contributed by atoms with Crippen molar-refractivity contribution in [2.45, 2.75) is 6.92 Å². The van der Waals surface area contributed by atoms with Crippen LogP contribution in [0.1, 0.15) is 17.3 Å². The first-order valence-corrected chi connectivity index (χ1v) is 3.79. The molecule has 0 bridgehead atoms. The van der Waals surface area contributed by atoms with Gasteiger partial charge in [-0.05, 0) is 19.1 Å². The van der Waals surface area contributed by atoms with Crippen molar-refractivity contribution >= 4 is 5.78 Å². The van der Waals surface area contributed by atoms with Crippen LogP contribution in [0.15, 0.2) is 12.1 Å². The Kier molecular flexibility index (Phi) is 1.69. The van der Waals surface area contributed by atoms with Crippen molar-refractivity contribution in [1.82, 2.24) is 0 Å². The Morgan fingerprint density at radius 3 is 2.77 bits per heavy atom. The van der Waals surface area contributed by atoms with Crippen LogP contribution in [0.3, 0.4) is 0 Å². The molecule has 4 heteroatoms. The van der Waals surface area contributed by atoms with Crippen LogP contribution in [0.5, 0.6) is 11.5 Å². The van der Waals surface area contributed by atoms with Crippen LogP contribution in [0.4, 0.5) is 4.39 Å². The van der Waals surface area contributed by atoms with E-state index < -0.39 is 5.82 Å². The lowest BCUT2D eigenvalue weighted by molar-refractivity contribution is 0.101. The van der Waals surface area contributed by atoms with Gasteiger partial charge in [-0.15, -0.1) is 0 Å². The average molecular weight is 182 g/mol. The van der Waals surface area contributed by atoms with Crippen molar-refractivity contribution in [1.29, 1.82) is 0 Å². The zero-order valence-corrected chi connectivity index (χ0v) is 6.96. The topological polar surface area (TPSA) is 35.5 Å². The Labute approximate surface area is 74.1 Å². The molecule has 0 saturated heterocycles. The maximum Gasteiger partial charge on any atom is 0.231 e. The molecule has 0 amide bonds. The van der Waals surface area contributed by atoms with Crippen LogP contribution in [0, 0.1) is 5.82 Å². The summed E-state index contributed by atoms with van der Waals surface area (Å²) in [7, 11) is 0. The zero-order chi connectivity index (χ0) is 9.42. The quantitative estimate of drug-likeness (QED) is 0.621. The summed E-state index contributed by atoms with van der Waals surface area (Å²) in [4.78, 5) is 11.1. The number of hydrogen-bond acceptors (Lipinski definition) is 3. The van der Waals surface area contributed by atoms with Gasteiger partial charge in [0.05, 0.1) is 5.56 Å². The maximum absolute atomic E-state index is 13.0. The van der Waals surface area contributed by atoms with E-state index in [1.165, 1.54) is 19.1 Å².